The number of carboxylic acids is 2. The van der Waals surface area contributed by atoms with Gasteiger partial charge in [0.25, 0.3) is 5.91 Å². The molecule has 0 bridgehead atoms. The molecule has 0 saturated heterocycles. The van der Waals surface area contributed by atoms with Gasteiger partial charge in [-0.2, -0.15) is 0 Å². The number of carboxylic acid groups (broad SMARTS) is 2. The SMILES string of the molecule is Cc1cc(OCC(=O)O)cc(C)c1CC(NC(=O)c1ccc2c(c1)nc(-c1ccoc1)n2C1CCCCC1)C(=O)O. The molecule has 1 unspecified atom stereocenters. The number of aliphatic carboxylic acids is 2. The molecule has 5 rings (SSSR count). The van der Waals surface area contributed by atoms with Gasteiger partial charge in [0.15, 0.2) is 6.61 Å². The van der Waals surface area contributed by atoms with Gasteiger partial charge in [-0.05, 0) is 79.8 Å². The molecule has 1 amide bonds. The molecule has 2 aromatic heterocycles. The van der Waals surface area contributed by atoms with Crippen LogP contribution in [0.3, 0.4) is 0 Å². The van der Waals surface area contributed by atoms with E-state index in [1.807, 2.05) is 12.1 Å². The lowest BCUT2D eigenvalue weighted by molar-refractivity contribution is -0.140. The van der Waals surface area contributed by atoms with Gasteiger partial charge in [0.2, 0.25) is 0 Å². The number of rotatable bonds is 10. The Morgan fingerprint density at radius 2 is 1.80 bits per heavy atom. The van der Waals surface area contributed by atoms with Crippen LogP contribution in [0.15, 0.2) is 53.3 Å². The van der Waals surface area contributed by atoms with Gasteiger partial charge in [0.05, 0.1) is 22.9 Å². The topological polar surface area (TPSA) is 144 Å². The summed E-state index contributed by atoms with van der Waals surface area (Å²) < 4.78 is 12.8. The van der Waals surface area contributed by atoms with Gasteiger partial charge in [-0.1, -0.05) is 19.3 Å². The van der Waals surface area contributed by atoms with Crippen LogP contribution in [0.1, 0.15) is 65.2 Å². The Labute approximate surface area is 237 Å². The average molecular weight is 560 g/mol. The maximum Gasteiger partial charge on any atom is 0.341 e. The van der Waals surface area contributed by atoms with E-state index in [9.17, 15) is 19.5 Å². The number of aryl methyl sites for hydroxylation is 2. The number of amides is 1. The molecule has 1 fully saturated rings. The number of ether oxygens (including phenoxy) is 1. The van der Waals surface area contributed by atoms with Gasteiger partial charge >= 0.3 is 11.9 Å². The van der Waals surface area contributed by atoms with Gasteiger partial charge in [-0.25, -0.2) is 14.6 Å². The molecular formula is C31H33N3O7. The number of nitrogens with zero attached hydrogens (tertiary/aromatic N) is 2. The summed E-state index contributed by atoms with van der Waals surface area (Å²) in [7, 11) is 0. The van der Waals surface area contributed by atoms with E-state index in [-0.39, 0.29) is 6.42 Å². The molecule has 1 aliphatic rings. The number of furan rings is 1. The Bertz CT molecular complexity index is 1560. The molecule has 214 valence electrons. The number of hydrogen-bond donors (Lipinski definition) is 3. The van der Waals surface area contributed by atoms with E-state index < -0.39 is 30.5 Å². The first kappa shape index (κ1) is 27.9. The molecule has 3 N–H and O–H groups in total. The van der Waals surface area contributed by atoms with Crippen molar-refractivity contribution < 1.29 is 33.8 Å². The summed E-state index contributed by atoms with van der Waals surface area (Å²) in [4.78, 5) is 41.2. The first-order chi connectivity index (χ1) is 19.7. The molecule has 41 heavy (non-hydrogen) atoms. The van der Waals surface area contributed by atoms with E-state index in [0.717, 1.165) is 59.3 Å². The van der Waals surface area contributed by atoms with E-state index >= 15 is 0 Å². The lowest BCUT2D eigenvalue weighted by Crippen LogP contribution is -2.42. The van der Waals surface area contributed by atoms with Crippen molar-refractivity contribution in [1.82, 2.24) is 14.9 Å². The number of imidazole rings is 1. The standard InChI is InChI=1S/C31H33N3O7/c1-18-12-23(41-17-28(35)36)13-19(2)24(18)15-26(31(38)39)33-30(37)20-8-9-27-25(14-20)32-29(21-10-11-40-16-21)34(27)22-6-4-3-5-7-22/h8-14,16,22,26H,3-7,15,17H2,1-2H3,(H,33,37)(H,35,36)(H,38,39). The third-order valence-corrected chi connectivity index (χ3v) is 7.71. The predicted octanol–water partition coefficient (Wildman–Crippen LogP) is 5.31. The summed E-state index contributed by atoms with van der Waals surface area (Å²) in [5.41, 5.74) is 5.01. The second-order valence-electron chi connectivity index (χ2n) is 10.6. The summed E-state index contributed by atoms with van der Waals surface area (Å²) in [6.45, 7) is 3.12. The van der Waals surface area contributed by atoms with E-state index in [1.54, 1.807) is 50.6 Å². The fourth-order valence-electron chi connectivity index (χ4n) is 5.69. The highest BCUT2D eigenvalue weighted by molar-refractivity contribution is 5.99. The molecular weight excluding hydrogens is 526 g/mol. The number of carbonyl (C=O) groups excluding carboxylic acids is 1. The molecule has 0 radical (unpaired) electrons. The van der Waals surface area contributed by atoms with Crippen LogP contribution in [0.2, 0.25) is 0 Å². The van der Waals surface area contributed by atoms with Crippen LogP contribution in [-0.2, 0) is 16.0 Å². The minimum absolute atomic E-state index is 0.0567. The summed E-state index contributed by atoms with van der Waals surface area (Å²) in [6.07, 6.45) is 8.99. The summed E-state index contributed by atoms with van der Waals surface area (Å²) in [5.74, 6) is -1.57. The number of fused-ring (bicyclic) bond motifs is 1. The zero-order valence-electron chi connectivity index (χ0n) is 23.1. The van der Waals surface area contributed by atoms with Crippen LogP contribution in [0, 0.1) is 13.8 Å². The van der Waals surface area contributed by atoms with Crippen LogP contribution >= 0.6 is 0 Å². The zero-order chi connectivity index (χ0) is 29.1. The van der Waals surface area contributed by atoms with Gasteiger partial charge in [0.1, 0.15) is 23.9 Å². The highest BCUT2D eigenvalue weighted by atomic mass is 16.5. The summed E-state index contributed by atoms with van der Waals surface area (Å²) >= 11 is 0. The molecule has 0 aliphatic heterocycles. The smallest absolute Gasteiger partial charge is 0.341 e. The van der Waals surface area contributed by atoms with Crippen molar-refractivity contribution in [2.24, 2.45) is 0 Å². The Morgan fingerprint density at radius 3 is 2.44 bits per heavy atom. The van der Waals surface area contributed by atoms with Crippen LogP contribution in [0.5, 0.6) is 5.75 Å². The second kappa shape index (κ2) is 11.9. The van der Waals surface area contributed by atoms with Crippen LogP contribution in [0.4, 0.5) is 0 Å². The van der Waals surface area contributed by atoms with E-state index in [4.69, 9.17) is 19.2 Å². The zero-order valence-corrected chi connectivity index (χ0v) is 23.1. The van der Waals surface area contributed by atoms with Gasteiger partial charge in [-0.15, -0.1) is 0 Å². The number of nitrogens with one attached hydrogen (secondary N) is 1. The number of hydrogen-bond acceptors (Lipinski definition) is 6. The summed E-state index contributed by atoms with van der Waals surface area (Å²) in [6, 6.07) is 9.64. The minimum atomic E-state index is -1.18. The van der Waals surface area contributed by atoms with Crippen LogP contribution in [0.25, 0.3) is 22.4 Å². The number of aromatic nitrogens is 2. The molecule has 2 heterocycles. The summed E-state index contributed by atoms with van der Waals surface area (Å²) in [5, 5.41) is 21.5. The fourth-order valence-corrected chi connectivity index (χ4v) is 5.69. The first-order valence-corrected chi connectivity index (χ1v) is 13.7. The van der Waals surface area contributed by atoms with Crippen LogP contribution in [-0.4, -0.2) is 50.3 Å². The molecule has 1 atom stereocenters. The molecule has 10 nitrogen and oxygen atoms in total. The van der Waals surface area contributed by atoms with Crippen molar-refractivity contribution in [3.8, 4) is 17.1 Å². The molecule has 0 spiro atoms. The van der Waals surface area contributed by atoms with E-state index in [2.05, 4.69) is 9.88 Å². The quantitative estimate of drug-likeness (QED) is 0.237. The van der Waals surface area contributed by atoms with Gasteiger partial charge in [-0.3, -0.25) is 4.79 Å². The Hall–Kier alpha value is -4.60. The monoisotopic (exact) mass is 559 g/mol. The second-order valence-corrected chi connectivity index (χ2v) is 10.6. The van der Waals surface area contributed by atoms with Crippen molar-refractivity contribution in [1.29, 1.82) is 0 Å². The highest BCUT2D eigenvalue weighted by Crippen LogP contribution is 2.36. The highest BCUT2D eigenvalue weighted by Gasteiger charge is 2.26. The molecule has 2 aromatic carbocycles. The lowest BCUT2D eigenvalue weighted by atomic mass is 9.95. The Kier molecular flexibility index (Phi) is 8.09. The molecule has 1 aliphatic carbocycles. The van der Waals surface area contributed by atoms with Crippen molar-refractivity contribution >= 4 is 28.9 Å². The molecule has 1 saturated carbocycles. The predicted molar refractivity (Wildman–Crippen MR) is 151 cm³/mol. The Morgan fingerprint density at radius 1 is 1.07 bits per heavy atom. The molecule has 10 heteroatoms. The maximum absolute atomic E-state index is 13.3. The minimum Gasteiger partial charge on any atom is -0.482 e. The number of benzene rings is 2. The van der Waals surface area contributed by atoms with Crippen molar-refractivity contribution in [3.63, 3.8) is 0 Å². The van der Waals surface area contributed by atoms with E-state index in [0.29, 0.717) is 22.9 Å². The number of carbonyl (C=O) groups is 3. The van der Waals surface area contributed by atoms with Gasteiger partial charge in [0, 0.05) is 18.0 Å². The average Bonchev–Trinajstić information content (AvgIpc) is 3.61. The van der Waals surface area contributed by atoms with Gasteiger partial charge < -0.3 is 29.3 Å². The van der Waals surface area contributed by atoms with Crippen molar-refractivity contribution in [2.75, 3.05) is 6.61 Å². The lowest BCUT2D eigenvalue weighted by Gasteiger charge is -2.25. The largest absolute Gasteiger partial charge is 0.482 e. The van der Waals surface area contributed by atoms with Crippen LogP contribution < -0.4 is 10.1 Å². The third-order valence-electron chi connectivity index (χ3n) is 7.71. The van der Waals surface area contributed by atoms with E-state index in [1.165, 1.54) is 6.42 Å². The fraction of sp³-hybridized carbons (Fsp3) is 0.355. The van der Waals surface area contributed by atoms with Crippen molar-refractivity contribution in [2.45, 2.75) is 64.5 Å². The first-order valence-electron chi connectivity index (χ1n) is 13.7. The van der Waals surface area contributed by atoms with Crippen molar-refractivity contribution in [3.05, 3.63) is 71.2 Å². The maximum atomic E-state index is 13.3. The normalized spacial score (nSPS) is 14.6. The Balaban J connectivity index is 1.39. The molecule has 4 aromatic rings. The third kappa shape index (κ3) is 6.11.